The molecule has 0 saturated carbocycles. The van der Waals surface area contributed by atoms with Gasteiger partial charge in [0.1, 0.15) is 22.3 Å². The van der Waals surface area contributed by atoms with Gasteiger partial charge in [-0.25, -0.2) is 15.0 Å². The Morgan fingerprint density at radius 2 is 0.660 bits per heavy atom. The Hall–Kier alpha value is -6.85. The lowest BCUT2D eigenvalue weighted by Gasteiger charge is -2.10. The van der Waals surface area contributed by atoms with Crippen molar-refractivity contribution >= 4 is 43.9 Å². The molecule has 0 fully saturated rings. The van der Waals surface area contributed by atoms with Gasteiger partial charge in [-0.2, -0.15) is 0 Å². The number of benzene rings is 7. The zero-order valence-electron chi connectivity index (χ0n) is 26.7. The predicted octanol–water partition coefficient (Wildman–Crippen LogP) is 12.0. The summed E-state index contributed by atoms with van der Waals surface area (Å²) in [4.78, 5) is 14.9. The molecule has 7 aromatic carbocycles. The second-order valence-electron chi connectivity index (χ2n) is 12.4. The number of para-hydroxylation sites is 2. The summed E-state index contributed by atoms with van der Waals surface area (Å²) in [5.41, 5.74) is 10.6. The van der Waals surface area contributed by atoms with Crippen molar-refractivity contribution in [3.05, 3.63) is 164 Å². The van der Waals surface area contributed by atoms with Gasteiger partial charge in [-0.15, -0.1) is 0 Å². The first-order valence-electron chi connectivity index (χ1n) is 16.6. The van der Waals surface area contributed by atoms with Crippen LogP contribution in [-0.4, -0.2) is 15.0 Å². The van der Waals surface area contributed by atoms with Gasteiger partial charge in [0.25, 0.3) is 0 Å². The number of hydrogen-bond donors (Lipinski definition) is 0. The molecule has 0 unspecified atom stereocenters. The third kappa shape index (κ3) is 4.83. The van der Waals surface area contributed by atoms with Crippen LogP contribution in [0.3, 0.4) is 0 Å². The molecular formula is C45H27N3O2. The van der Waals surface area contributed by atoms with Crippen molar-refractivity contribution in [3.8, 4) is 56.4 Å². The van der Waals surface area contributed by atoms with Crippen molar-refractivity contribution in [3.63, 3.8) is 0 Å². The van der Waals surface area contributed by atoms with Crippen molar-refractivity contribution < 1.29 is 8.83 Å². The maximum atomic E-state index is 6.20. The molecule has 0 aliphatic carbocycles. The van der Waals surface area contributed by atoms with Gasteiger partial charge in [-0.05, 0) is 64.7 Å². The summed E-state index contributed by atoms with van der Waals surface area (Å²) >= 11 is 0. The number of aromatic nitrogens is 3. The van der Waals surface area contributed by atoms with Crippen LogP contribution >= 0.6 is 0 Å². The molecule has 0 N–H and O–H groups in total. The Bertz CT molecular complexity index is 2870. The zero-order chi connectivity index (χ0) is 33.0. The van der Waals surface area contributed by atoms with Gasteiger partial charge >= 0.3 is 0 Å². The molecule has 0 spiro atoms. The molecule has 0 bridgehead atoms. The van der Waals surface area contributed by atoms with Crippen molar-refractivity contribution in [2.75, 3.05) is 0 Å². The SMILES string of the molecule is c1ccc(-c2nc(-c3cccc(-c4ccc(-c5ccc6c(c5)oc5ccccc56)cc4)c3)nc(-c3ccc4c(c3)oc3ccccc34)n2)cc1. The first kappa shape index (κ1) is 28.2. The van der Waals surface area contributed by atoms with Crippen LogP contribution in [0.2, 0.25) is 0 Å². The standard InChI is InChI=1S/C45H27N3O2/c1-2-9-30(10-3-1)43-46-44(48-45(47-43)34-22-24-38-36-14-5-7-16-40(36)50-42(38)27-34)33-12-8-11-31(25-33)28-17-19-29(20-18-28)32-21-23-37-35-13-4-6-15-39(35)49-41(37)26-32/h1-27H. The highest BCUT2D eigenvalue weighted by Gasteiger charge is 2.15. The molecule has 3 heterocycles. The normalized spacial score (nSPS) is 11.6. The minimum atomic E-state index is 0.590. The van der Waals surface area contributed by atoms with Gasteiger partial charge in [0.05, 0.1) is 0 Å². The van der Waals surface area contributed by atoms with Crippen molar-refractivity contribution in [1.29, 1.82) is 0 Å². The Balaban J connectivity index is 1.02. The van der Waals surface area contributed by atoms with E-state index in [0.29, 0.717) is 17.5 Å². The third-order valence-corrected chi connectivity index (χ3v) is 9.36. The van der Waals surface area contributed by atoms with Gasteiger partial charge in [0.15, 0.2) is 17.5 Å². The lowest BCUT2D eigenvalue weighted by atomic mass is 9.98. The summed E-state index contributed by atoms with van der Waals surface area (Å²) in [6, 6.07) is 55.9. The van der Waals surface area contributed by atoms with E-state index >= 15 is 0 Å². The molecule has 0 radical (unpaired) electrons. The van der Waals surface area contributed by atoms with Crippen molar-refractivity contribution in [1.82, 2.24) is 15.0 Å². The molecule has 10 aromatic rings. The largest absolute Gasteiger partial charge is 0.456 e. The quantitative estimate of drug-likeness (QED) is 0.187. The number of hydrogen-bond acceptors (Lipinski definition) is 5. The lowest BCUT2D eigenvalue weighted by Crippen LogP contribution is -2.00. The van der Waals surface area contributed by atoms with E-state index < -0.39 is 0 Å². The Labute approximate surface area is 287 Å². The van der Waals surface area contributed by atoms with E-state index in [9.17, 15) is 0 Å². The number of furan rings is 2. The summed E-state index contributed by atoms with van der Waals surface area (Å²) in [5, 5.41) is 4.42. The van der Waals surface area contributed by atoms with Crippen LogP contribution in [0, 0.1) is 0 Å². The van der Waals surface area contributed by atoms with Crippen molar-refractivity contribution in [2.24, 2.45) is 0 Å². The highest BCUT2D eigenvalue weighted by atomic mass is 16.3. The Morgan fingerprint density at radius 3 is 1.28 bits per heavy atom. The van der Waals surface area contributed by atoms with Crippen LogP contribution in [-0.2, 0) is 0 Å². The van der Waals surface area contributed by atoms with Gasteiger partial charge < -0.3 is 8.83 Å². The maximum Gasteiger partial charge on any atom is 0.164 e. The molecular weight excluding hydrogens is 615 g/mol. The molecule has 234 valence electrons. The second kappa shape index (κ2) is 11.4. The predicted molar refractivity (Wildman–Crippen MR) is 202 cm³/mol. The Kier molecular flexibility index (Phi) is 6.42. The number of fused-ring (bicyclic) bond motifs is 6. The van der Waals surface area contributed by atoms with Crippen LogP contribution in [0.15, 0.2) is 173 Å². The molecule has 0 amide bonds. The molecule has 5 heteroatoms. The number of rotatable bonds is 5. The summed E-state index contributed by atoms with van der Waals surface area (Å²) in [6.45, 7) is 0. The first-order chi connectivity index (χ1) is 24.7. The summed E-state index contributed by atoms with van der Waals surface area (Å²) in [6.07, 6.45) is 0. The Morgan fingerprint density at radius 1 is 0.260 bits per heavy atom. The van der Waals surface area contributed by atoms with E-state index in [0.717, 1.165) is 82.8 Å². The molecule has 0 aliphatic rings. The van der Waals surface area contributed by atoms with Crippen LogP contribution in [0.5, 0.6) is 0 Å². The minimum absolute atomic E-state index is 0.590. The maximum absolute atomic E-state index is 6.20. The average molecular weight is 642 g/mol. The lowest BCUT2D eigenvalue weighted by molar-refractivity contribution is 0.668. The molecule has 0 aliphatic heterocycles. The van der Waals surface area contributed by atoms with E-state index in [1.54, 1.807) is 0 Å². The fraction of sp³-hybridized carbons (Fsp3) is 0. The average Bonchev–Trinajstić information content (AvgIpc) is 3.76. The molecule has 3 aromatic heterocycles. The van der Waals surface area contributed by atoms with E-state index in [-0.39, 0.29) is 0 Å². The molecule has 0 saturated heterocycles. The highest BCUT2D eigenvalue weighted by molar-refractivity contribution is 6.06. The van der Waals surface area contributed by atoms with Crippen LogP contribution < -0.4 is 0 Å². The summed E-state index contributed by atoms with van der Waals surface area (Å²) < 4.78 is 12.3. The molecule has 5 nitrogen and oxygen atoms in total. The minimum Gasteiger partial charge on any atom is -0.456 e. The van der Waals surface area contributed by atoms with Gasteiger partial charge in [-0.1, -0.05) is 121 Å². The van der Waals surface area contributed by atoms with E-state index in [2.05, 4.69) is 91.0 Å². The molecule has 10 rings (SSSR count). The van der Waals surface area contributed by atoms with Gasteiger partial charge in [0, 0.05) is 38.2 Å². The smallest absolute Gasteiger partial charge is 0.164 e. The van der Waals surface area contributed by atoms with Crippen LogP contribution in [0.25, 0.3) is 100 Å². The van der Waals surface area contributed by atoms with E-state index in [1.165, 1.54) is 0 Å². The topological polar surface area (TPSA) is 65.0 Å². The zero-order valence-corrected chi connectivity index (χ0v) is 26.7. The monoisotopic (exact) mass is 641 g/mol. The third-order valence-electron chi connectivity index (χ3n) is 9.36. The highest BCUT2D eigenvalue weighted by Crippen LogP contribution is 2.35. The van der Waals surface area contributed by atoms with Gasteiger partial charge in [-0.3, -0.25) is 0 Å². The van der Waals surface area contributed by atoms with Crippen LogP contribution in [0.4, 0.5) is 0 Å². The number of nitrogens with zero attached hydrogens (tertiary/aromatic N) is 3. The molecule has 0 atom stereocenters. The van der Waals surface area contributed by atoms with Crippen molar-refractivity contribution in [2.45, 2.75) is 0 Å². The summed E-state index contributed by atoms with van der Waals surface area (Å²) in [5.74, 6) is 1.81. The van der Waals surface area contributed by atoms with E-state index in [1.807, 2.05) is 72.8 Å². The van der Waals surface area contributed by atoms with Gasteiger partial charge in [0.2, 0.25) is 0 Å². The second-order valence-corrected chi connectivity index (χ2v) is 12.4. The summed E-state index contributed by atoms with van der Waals surface area (Å²) in [7, 11) is 0. The van der Waals surface area contributed by atoms with Crippen LogP contribution in [0.1, 0.15) is 0 Å². The first-order valence-corrected chi connectivity index (χ1v) is 16.6. The molecule has 50 heavy (non-hydrogen) atoms. The fourth-order valence-electron chi connectivity index (χ4n) is 6.81. The van der Waals surface area contributed by atoms with E-state index in [4.69, 9.17) is 23.8 Å². The fourth-order valence-corrected chi connectivity index (χ4v) is 6.81.